The van der Waals surface area contributed by atoms with E-state index in [4.69, 9.17) is 15.7 Å². The Kier molecular flexibility index (Phi) is 6.60. The maximum Gasteiger partial charge on any atom is 0.165 e. The number of imidazole rings is 1. The molecule has 5 aromatic rings. The van der Waals surface area contributed by atoms with E-state index in [0.717, 1.165) is 17.7 Å². The number of nitrogen functional groups attached to an aromatic ring is 1. The van der Waals surface area contributed by atoms with Gasteiger partial charge in [0, 0.05) is 18.1 Å². The Morgan fingerprint density at radius 2 is 1.65 bits per heavy atom. The van der Waals surface area contributed by atoms with E-state index in [1.54, 1.807) is 24.5 Å². The van der Waals surface area contributed by atoms with Crippen LogP contribution in [0.3, 0.4) is 0 Å². The van der Waals surface area contributed by atoms with Gasteiger partial charge >= 0.3 is 0 Å². The van der Waals surface area contributed by atoms with Gasteiger partial charge in [-0.15, -0.1) is 0 Å². The minimum absolute atomic E-state index is 0.394. The molecule has 0 amide bonds. The number of rotatable bonds is 4. The summed E-state index contributed by atoms with van der Waals surface area (Å²) in [5.41, 5.74) is 12.0. The van der Waals surface area contributed by atoms with Crippen LogP contribution in [0.2, 0.25) is 0 Å². The quantitative estimate of drug-likeness (QED) is 0.385. The van der Waals surface area contributed by atoms with Crippen LogP contribution in [0.1, 0.15) is 31.9 Å². The second-order valence-corrected chi connectivity index (χ2v) is 7.28. The molecule has 4 heterocycles. The number of aromatic nitrogens is 5. The smallest absolute Gasteiger partial charge is 0.165 e. The Balaban J connectivity index is 0.00000133. The normalized spacial score (nSPS) is 10.4. The van der Waals surface area contributed by atoms with Crippen molar-refractivity contribution in [3.8, 4) is 34.5 Å². The lowest BCUT2D eigenvalue weighted by Gasteiger charge is -2.11. The second kappa shape index (κ2) is 9.92. The van der Waals surface area contributed by atoms with Crippen LogP contribution in [-0.4, -0.2) is 24.5 Å². The largest absolute Gasteiger partial charge is 0.383 e. The SMILES string of the molecule is CC.CCc1ccc(-n2c(-c3cccnc3N)nc3ccc(-c4ncccc4C#N)nc32)cc1. The van der Waals surface area contributed by atoms with Crippen LogP contribution in [0.15, 0.2) is 73.1 Å². The first-order valence-corrected chi connectivity index (χ1v) is 11.2. The summed E-state index contributed by atoms with van der Waals surface area (Å²) in [4.78, 5) is 18.3. The molecule has 0 aliphatic rings. The summed E-state index contributed by atoms with van der Waals surface area (Å²) < 4.78 is 1.97. The summed E-state index contributed by atoms with van der Waals surface area (Å²) in [7, 11) is 0. The Morgan fingerprint density at radius 1 is 0.912 bits per heavy atom. The fourth-order valence-electron chi connectivity index (χ4n) is 3.70. The van der Waals surface area contributed by atoms with Crippen LogP contribution in [0, 0.1) is 11.3 Å². The van der Waals surface area contributed by atoms with Gasteiger partial charge in [-0.25, -0.2) is 15.0 Å². The van der Waals surface area contributed by atoms with Crippen LogP contribution in [0.25, 0.3) is 39.6 Å². The zero-order valence-corrected chi connectivity index (χ0v) is 19.4. The van der Waals surface area contributed by atoms with Crippen LogP contribution in [-0.2, 0) is 6.42 Å². The molecule has 7 heteroatoms. The van der Waals surface area contributed by atoms with Gasteiger partial charge in [-0.3, -0.25) is 9.55 Å². The summed E-state index contributed by atoms with van der Waals surface area (Å²) >= 11 is 0. The maximum absolute atomic E-state index is 9.50. The average Bonchev–Trinajstić information content (AvgIpc) is 3.28. The fourth-order valence-corrected chi connectivity index (χ4v) is 3.70. The van der Waals surface area contributed by atoms with Crippen molar-refractivity contribution in [3.63, 3.8) is 0 Å². The van der Waals surface area contributed by atoms with Crippen molar-refractivity contribution >= 4 is 17.0 Å². The van der Waals surface area contributed by atoms with Crippen molar-refractivity contribution in [3.05, 3.63) is 84.2 Å². The van der Waals surface area contributed by atoms with Crippen molar-refractivity contribution < 1.29 is 0 Å². The van der Waals surface area contributed by atoms with Crippen molar-refractivity contribution in [2.75, 3.05) is 5.73 Å². The molecule has 7 nitrogen and oxygen atoms in total. The van der Waals surface area contributed by atoms with Crippen LogP contribution >= 0.6 is 0 Å². The highest BCUT2D eigenvalue weighted by atomic mass is 15.1. The number of fused-ring (bicyclic) bond motifs is 1. The number of benzene rings is 1. The number of nitrogens with zero attached hydrogens (tertiary/aromatic N) is 6. The molecule has 0 saturated heterocycles. The van der Waals surface area contributed by atoms with Crippen LogP contribution in [0.4, 0.5) is 5.82 Å². The lowest BCUT2D eigenvalue weighted by molar-refractivity contribution is 1.06. The topological polar surface area (TPSA) is 106 Å². The molecule has 0 aliphatic carbocycles. The average molecular weight is 448 g/mol. The van der Waals surface area contributed by atoms with Crippen LogP contribution in [0.5, 0.6) is 0 Å². The van der Waals surface area contributed by atoms with Gasteiger partial charge in [-0.1, -0.05) is 32.9 Å². The first-order chi connectivity index (χ1) is 16.7. The third kappa shape index (κ3) is 4.09. The van der Waals surface area contributed by atoms with E-state index in [9.17, 15) is 5.26 Å². The molecular formula is C27H25N7. The molecule has 0 saturated carbocycles. The first-order valence-electron chi connectivity index (χ1n) is 11.2. The van der Waals surface area contributed by atoms with Gasteiger partial charge in [-0.2, -0.15) is 5.26 Å². The van der Waals surface area contributed by atoms with Crippen LogP contribution < -0.4 is 5.73 Å². The number of anilines is 1. The number of hydrogen-bond donors (Lipinski definition) is 1. The molecule has 1 aromatic carbocycles. The van der Waals surface area contributed by atoms with Gasteiger partial charge in [0.25, 0.3) is 0 Å². The van der Waals surface area contributed by atoms with Gasteiger partial charge in [0.15, 0.2) is 11.5 Å². The van der Waals surface area contributed by atoms with E-state index < -0.39 is 0 Å². The van der Waals surface area contributed by atoms with E-state index in [0.29, 0.717) is 39.8 Å². The third-order valence-electron chi connectivity index (χ3n) is 5.36. The van der Waals surface area contributed by atoms with Crippen molar-refractivity contribution in [2.24, 2.45) is 0 Å². The number of nitriles is 1. The van der Waals surface area contributed by atoms with E-state index in [-0.39, 0.29) is 0 Å². The molecule has 0 atom stereocenters. The summed E-state index contributed by atoms with van der Waals surface area (Å²) in [6.45, 7) is 6.12. The molecule has 0 spiro atoms. The highest BCUT2D eigenvalue weighted by Crippen LogP contribution is 2.31. The molecule has 0 unspecified atom stereocenters. The van der Waals surface area contributed by atoms with Gasteiger partial charge < -0.3 is 5.73 Å². The standard InChI is InChI=1S/C25H19N7.C2H6/c1-2-16-7-9-18(10-8-16)32-24(19-6-4-14-29-23(19)27)31-21-12-11-20(30-25(21)32)22-17(15-26)5-3-13-28-22;1-2/h3-14H,2H2,1H3,(H2,27,29);1-2H3. The van der Waals surface area contributed by atoms with Gasteiger partial charge in [0.2, 0.25) is 0 Å². The molecule has 0 radical (unpaired) electrons. The second-order valence-electron chi connectivity index (χ2n) is 7.28. The van der Waals surface area contributed by atoms with Gasteiger partial charge in [0.1, 0.15) is 23.1 Å². The maximum atomic E-state index is 9.50. The monoisotopic (exact) mass is 447 g/mol. The number of hydrogen-bond acceptors (Lipinski definition) is 6. The molecule has 4 aromatic heterocycles. The molecule has 0 bridgehead atoms. The zero-order chi connectivity index (χ0) is 24.1. The zero-order valence-electron chi connectivity index (χ0n) is 19.4. The Labute approximate surface area is 198 Å². The van der Waals surface area contributed by atoms with E-state index in [2.05, 4.69) is 35.1 Å². The molecular weight excluding hydrogens is 422 g/mol. The Morgan fingerprint density at radius 3 is 2.35 bits per heavy atom. The van der Waals surface area contributed by atoms with Gasteiger partial charge in [0.05, 0.1) is 16.8 Å². The number of aryl methyl sites for hydroxylation is 1. The van der Waals surface area contributed by atoms with Crippen molar-refractivity contribution in [1.82, 2.24) is 24.5 Å². The molecule has 34 heavy (non-hydrogen) atoms. The highest BCUT2D eigenvalue weighted by Gasteiger charge is 2.19. The number of nitrogens with two attached hydrogens (primary N) is 1. The molecule has 0 aliphatic heterocycles. The molecule has 5 rings (SSSR count). The molecule has 168 valence electrons. The Hall–Kier alpha value is -4.57. The minimum Gasteiger partial charge on any atom is -0.383 e. The van der Waals surface area contributed by atoms with Crippen molar-refractivity contribution in [2.45, 2.75) is 27.2 Å². The third-order valence-corrected chi connectivity index (χ3v) is 5.36. The minimum atomic E-state index is 0.394. The van der Waals surface area contributed by atoms with E-state index in [1.807, 2.05) is 54.8 Å². The highest BCUT2D eigenvalue weighted by molar-refractivity contribution is 5.84. The van der Waals surface area contributed by atoms with Gasteiger partial charge in [-0.05, 0) is 60.5 Å². The van der Waals surface area contributed by atoms with E-state index in [1.165, 1.54) is 5.56 Å². The molecule has 0 fully saturated rings. The van der Waals surface area contributed by atoms with Crippen molar-refractivity contribution in [1.29, 1.82) is 5.26 Å². The first kappa shape index (κ1) is 22.6. The summed E-state index contributed by atoms with van der Waals surface area (Å²) in [5.74, 6) is 1.05. The lowest BCUT2D eigenvalue weighted by atomic mass is 10.1. The number of pyridine rings is 3. The predicted octanol–water partition coefficient (Wildman–Crippen LogP) is 5.59. The summed E-state index contributed by atoms with van der Waals surface area (Å²) in [6, 6.07) is 21.4. The Bertz CT molecular complexity index is 1480. The predicted molar refractivity (Wildman–Crippen MR) is 135 cm³/mol. The molecule has 2 N–H and O–H groups in total. The summed E-state index contributed by atoms with van der Waals surface area (Å²) in [6.07, 6.45) is 4.26. The van der Waals surface area contributed by atoms with E-state index >= 15 is 0 Å². The lowest BCUT2D eigenvalue weighted by Crippen LogP contribution is -2.02. The summed E-state index contributed by atoms with van der Waals surface area (Å²) in [5, 5.41) is 9.50. The fraction of sp³-hybridized carbons (Fsp3) is 0.148.